The van der Waals surface area contributed by atoms with Crippen LogP contribution < -0.4 is 5.32 Å². The van der Waals surface area contributed by atoms with E-state index in [1.54, 1.807) is 24.0 Å². The van der Waals surface area contributed by atoms with E-state index in [4.69, 9.17) is 9.47 Å². The first kappa shape index (κ1) is 18.8. The van der Waals surface area contributed by atoms with E-state index in [2.05, 4.69) is 21.2 Å². The number of urea groups is 1. The first-order valence-corrected chi connectivity index (χ1v) is 9.14. The van der Waals surface area contributed by atoms with Gasteiger partial charge in [0.2, 0.25) is 0 Å². The number of benzene rings is 1. The van der Waals surface area contributed by atoms with Crippen LogP contribution in [-0.2, 0) is 14.3 Å². The number of carbonyl (C=O) groups is 2. The zero-order valence-electron chi connectivity index (χ0n) is 14.6. The quantitative estimate of drug-likeness (QED) is 0.559. The molecular weight excluding hydrogens is 407 g/mol. The van der Waals surface area contributed by atoms with Crippen molar-refractivity contribution in [2.45, 2.75) is 31.8 Å². The van der Waals surface area contributed by atoms with Crippen LogP contribution >= 0.6 is 15.9 Å². The number of allylic oxidation sites excluding steroid dienone is 1. The Kier molecular flexibility index (Phi) is 5.62. The Balaban J connectivity index is 2.01. The molecule has 0 unspecified atom stereocenters. The summed E-state index contributed by atoms with van der Waals surface area (Å²) >= 11 is 3.31. The summed E-state index contributed by atoms with van der Waals surface area (Å²) in [7, 11) is 1.51. The summed E-state index contributed by atoms with van der Waals surface area (Å²) in [5.74, 6) is -1.09. The lowest BCUT2D eigenvalue weighted by molar-refractivity contribution is -0.140. The number of methoxy groups -OCH3 is 1. The maximum atomic E-state index is 14.4. The Bertz CT molecular complexity index is 764. The molecule has 26 heavy (non-hydrogen) atoms. The van der Waals surface area contributed by atoms with E-state index in [1.807, 2.05) is 0 Å². The van der Waals surface area contributed by atoms with Crippen LogP contribution in [0.5, 0.6) is 0 Å². The molecule has 1 aliphatic carbocycles. The van der Waals surface area contributed by atoms with Gasteiger partial charge in [-0.2, -0.15) is 0 Å². The Morgan fingerprint density at radius 2 is 2.12 bits per heavy atom. The van der Waals surface area contributed by atoms with Gasteiger partial charge >= 0.3 is 12.0 Å². The van der Waals surface area contributed by atoms with E-state index in [-0.39, 0.29) is 36.4 Å². The molecule has 140 valence electrons. The van der Waals surface area contributed by atoms with Crippen LogP contribution in [-0.4, -0.2) is 43.3 Å². The molecule has 1 atom stereocenters. The third kappa shape index (κ3) is 3.76. The van der Waals surface area contributed by atoms with Crippen molar-refractivity contribution in [2.24, 2.45) is 0 Å². The van der Waals surface area contributed by atoms with Gasteiger partial charge in [0.15, 0.2) is 0 Å². The molecule has 6 nitrogen and oxygen atoms in total. The van der Waals surface area contributed by atoms with Crippen LogP contribution in [0.1, 0.15) is 31.4 Å². The number of nitrogens with zero attached hydrogens (tertiary/aromatic N) is 1. The zero-order valence-corrected chi connectivity index (χ0v) is 16.1. The number of ether oxygens (including phenoxy) is 2. The van der Waals surface area contributed by atoms with Gasteiger partial charge in [0.25, 0.3) is 0 Å². The number of esters is 1. The molecule has 0 radical (unpaired) electrons. The molecule has 3 rings (SSSR count). The molecule has 1 heterocycles. The van der Waals surface area contributed by atoms with Crippen molar-refractivity contribution >= 4 is 27.9 Å². The molecule has 0 aromatic heterocycles. The summed E-state index contributed by atoms with van der Waals surface area (Å²) in [6.07, 6.45) is 1.76. The summed E-state index contributed by atoms with van der Waals surface area (Å²) in [4.78, 5) is 26.8. The van der Waals surface area contributed by atoms with Crippen molar-refractivity contribution in [3.05, 3.63) is 45.3 Å². The molecule has 1 fully saturated rings. The smallest absolute Gasteiger partial charge is 0.338 e. The van der Waals surface area contributed by atoms with Crippen LogP contribution in [0.2, 0.25) is 0 Å². The topological polar surface area (TPSA) is 67.9 Å². The molecule has 2 amide bonds. The molecule has 0 spiro atoms. The molecule has 1 aliphatic heterocycles. The van der Waals surface area contributed by atoms with Crippen LogP contribution in [0.15, 0.2) is 33.9 Å². The first-order valence-electron chi connectivity index (χ1n) is 8.35. The molecule has 1 aromatic rings. The standard InChI is InChI=1S/C18H20BrFN2O4/c1-10-15(17(23)26-8-7-25-2)16(13-9-11(19)3-6-14(13)20)21-18(24)22(10)12-4-5-12/h3,6,9,12,16H,4-5,7-8H2,1-2H3,(H,21,24)/t16-/m1/s1. The Hall–Kier alpha value is -1.93. The first-order chi connectivity index (χ1) is 12.4. The number of halogens is 2. The monoisotopic (exact) mass is 426 g/mol. The van der Waals surface area contributed by atoms with Gasteiger partial charge in [-0.05, 0) is 38.0 Å². The molecule has 0 bridgehead atoms. The predicted octanol–water partition coefficient (Wildman–Crippen LogP) is 3.28. The number of rotatable bonds is 6. The van der Waals surface area contributed by atoms with Crippen molar-refractivity contribution in [3.8, 4) is 0 Å². The average Bonchev–Trinajstić information content (AvgIpc) is 3.41. The van der Waals surface area contributed by atoms with Crippen molar-refractivity contribution in [3.63, 3.8) is 0 Å². The summed E-state index contributed by atoms with van der Waals surface area (Å²) in [5, 5.41) is 2.76. The second-order valence-corrected chi connectivity index (χ2v) is 7.19. The second-order valence-electron chi connectivity index (χ2n) is 6.28. The van der Waals surface area contributed by atoms with Crippen LogP contribution in [0, 0.1) is 5.82 Å². The van der Waals surface area contributed by atoms with Crippen LogP contribution in [0.4, 0.5) is 9.18 Å². The highest BCUT2D eigenvalue weighted by atomic mass is 79.9. The van der Waals surface area contributed by atoms with E-state index < -0.39 is 17.8 Å². The van der Waals surface area contributed by atoms with Crippen molar-refractivity contribution in [2.75, 3.05) is 20.3 Å². The maximum absolute atomic E-state index is 14.4. The third-order valence-electron chi connectivity index (χ3n) is 4.45. The molecule has 8 heteroatoms. The van der Waals surface area contributed by atoms with E-state index >= 15 is 0 Å². The summed E-state index contributed by atoms with van der Waals surface area (Å²) in [6.45, 7) is 2.04. The normalized spacial score (nSPS) is 20.2. The number of carbonyl (C=O) groups excluding carboxylic acids is 2. The van der Waals surface area contributed by atoms with Gasteiger partial charge in [0, 0.05) is 28.9 Å². The van der Waals surface area contributed by atoms with Gasteiger partial charge in [-0.1, -0.05) is 15.9 Å². The minimum Gasteiger partial charge on any atom is -0.460 e. The number of amides is 2. The lowest BCUT2D eigenvalue weighted by Crippen LogP contribution is -2.49. The van der Waals surface area contributed by atoms with Gasteiger partial charge in [0.05, 0.1) is 18.2 Å². The minimum absolute atomic E-state index is 0.0741. The lowest BCUT2D eigenvalue weighted by atomic mass is 9.94. The lowest BCUT2D eigenvalue weighted by Gasteiger charge is -2.35. The summed E-state index contributed by atoms with van der Waals surface area (Å²) < 4.78 is 25.3. The molecule has 0 saturated heterocycles. The summed E-state index contributed by atoms with van der Waals surface area (Å²) in [6, 6.07) is 3.25. The molecule has 2 aliphatic rings. The zero-order chi connectivity index (χ0) is 18.8. The van der Waals surface area contributed by atoms with Gasteiger partial charge in [-0.3, -0.25) is 4.90 Å². The Morgan fingerprint density at radius 1 is 1.38 bits per heavy atom. The van der Waals surface area contributed by atoms with Crippen molar-refractivity contribution in [1.82, 2.24) is 10.2 Å². The fourth-order valence-electron chi connectivity index (χ4n) is 3.06. The van der Waals surface area contributed by atoms with Gasteiger partial charge in [-0.25, -0.2) is 14.0 Å². The SMILES string of the molecule is COCCOC(=O)C1=C(C)N(C2CC2)C(=O)N[C@@H]1c1cc(Br)ccc1F. The number of hydrogen-bond donors (Lipinski definition) is 1. The highest BCUT2D eigenvalue weighted by Gasteiger charge is 2.43. The maximum Gasteiger partial charge on any atom is 0.338 e. The molecular formula is C18H20BrFN2O4. The number of hydrogen-bond acceptors (Lipinski definition) is 4. The van der Waals surface area contributed by atoms with Gasteiger partial charge in [-0.15, -0.1) is 0 Å². The van der Waals surface area contributed by atoms with E-state index in [0.29, 0.717) is 10.2 Å². The summed E-state index contributed by atoms with van der Waals surface area (Å²) in [5.41, 5.74) is 0.953. The van der Waals surface area contributed by atoms with Gasteiger partial charge < -0.3 is 14.8 Å². The van der Waals surface area contributed by atoms with E-state index in [9.17, 15) is 14.0 Å². The highest BCUT2D eigenvalue weighted by molar-refractivity contribution is 9.10. The average molecular weight is 427 g/mol. The number of nitrogens with one attached hydrogen (secondary N) is 1. The van der Waals surface area contributed by atoms with Crippen molar-refractivity contribution in [1.29, 1.82) is 0 Å². The molecule has 1 saturated carbocycles. The molecule has 1 aromatic carbocycles. The fourth-order valence-corrected chi connectivity index (χ4v) is 3.44. The third-order valence-corrected chi connectivity index (χ3v) is 4.94. The predicted molar refractivity (Wildman–Crippen MR) is 95.8 cm³/mol. The van der Waals surface area contributed by atoms with Crippen molar-refractivity contribution < 1.29 is 23.5 Å². The molecule has 1 N–H and O–H groups in total. The van der Waals surface area contributed by atoms with E-state index in [0.717, 1.165) is 12.8 Å². The Labute approximate surface area is 159 Å². The van der Waals surface area contributed by atoms with E-state index in [1.165, 1.54) is 13.2 Å². The fraction of sp³-hybridized carbons (Fsp3) is 0.444. The minimum atomic E-state index is -0.912. The Morgan fingerprint density at radius 3 is 2.77 bits per heavy atom. The largest absolute Gasteiger partial charge is 0.460 e. The van der Waals surface area contributed by atoms with Gasteiger partial charge in [0.1, 0.15) is 12.4 Å². The highest BCUT2D eigenvalue weighted by Crippen LogP contribution is 2.38. The van der Waals surface area contributed by atoms with Crippen LogP contribution in [0.3, 0.4) is 0 Å². The van der Waals surface area contributed by atoms with Crippen LogP contribution in [0.25, 0.3) is 0 Å². The second kappa shape index (κ2) is 7.75.